The highest BCUT2D eigenvalue weighted by atomic mass is 16.6. The van der Waals surface area contributed by atoms with E-state index in [1.165, 1.54) is 19.2 Å². The van der Waals surface area contributed by atoms with Gasteiger partial charge in [-0.05, 0) is 11.6 Å². The molecule has 0 unspecified atom stereocenters. The predicted molar refractivity (Wildman–Crippen MR) is 144 cm³/mol. The lowest BCUT2D eigenvalue weighted by molar-refractivity contribution is -0.394. The summed E-state index contributed by atoms with van der Waals surface area (Å²) in [5.41, 5.74) is 1.75. The van der Waals surface area contributed by atoms with E-state index in [4.69, 9.17) is 14.2 Å². The van der Waals surface area contributed by atoms with Gasteiger partial charge >= 0.3 is 5.97 Å². The molecule has 1 aliphatic heterocycles. The molecule has 1 fully saturated rings. The summed E-state index contributed by atoms with van der Waals surface area (Å²) in [4.78, 5) is 41.3. The number of hydrogen-bond donors (Lipinski definition) is 0. The van der Waals surface area contributed by atoms with Crippen LogP contribution in [0.1, 0.15) is 21.6 Å². The number of carbonyl (C=O) groups is 1. The first kappa shape index (κ1) is 27.1. The van der Waals surface area contributed by atoms with E-state index in [0.29, 0.717) is 36.4 Å². The number of hydrogen-bond acceptors (Lipinski definition) is 10. The van der Waals surface area contributed by atoms with E-state index < -0.39 is 15.8 Å². The number of morpholine rings is 1. The fourth-order valence-electron chi connectivity index (χ4n) is 5.03. The molecule has 13 nitrogen and oxygen atoms in total. The van der Waals surface area contributed by atoms with E-state index >= 15 is 0 Å². The lowest BCUT2D eigenvalue weighted by Gasteiger charge is -2.26. The standard InChI is InChI=1S/C27H27N5O8/c1-38-17-22-25-21-4-2-3-5-23(21)30(16-18-12-19(31(34)35)14-20(13-18)32(36)37)24(25)15-28-26(22)27(33)40-11-8-29-6-9-39-10-7-29/h2-5,12-15H,6-11,16-17H2,1H3. The van der Waals surface area contributed by atoms with Crippen molar-refractivity contribution in [3.8, 4) is 0 Å². The van der Waals surface area contributed by atoms with Gasteiger partial charge in [0.15, 0.2) is 5.69 Å². The second kappa shape index (κ2) is 11.7. The lowest BCUT2D eigenvalue weighted by Crippen LogP contribution is -2.38. The molecule has 0 aliphatic carbocycles. The topological polar surface area (TPSA) is 152 Å². The van der Waals surface area contributed by atoms with Crippen LogP contribution >= 0.6 is 0 Å². The summed E-state index contributed by atoms with van der Waals surface area (Å²) in [5.74, 6) is -0.562. The van der Waals surface area contributed by atoms with Crippen LogP contribution < -0.4 is 0 Å². The third-order valence-electron chi connectivity index (χ3n) is 6.87. The molecule has 3 heterocycles. The van der Waals surface area contributed by atoms with Crippen molar-refractivity contribution in [1.29, 1.82) is 0 Å². The molecular weight excluding hydrogens is 522 g/mol. The number of non-ortho nitro benzene ring substituents is 2. The molecule has 0 saturated carbocycles. The number of aromatic nitrogens is 2. The summed E-state index contributed by atoms with van der Waals surface area (Å²) >= 11 is 0. The van der Waals surface area contributed by atoms with Gasteiger partial charge in [-0.2, -0.15) is 0 Å². The van der Waals surface area contributed by atoms with Gasteiger partial charge < -0.3 is 18.8 Å². The third kappa shape index (κ3) is 5.47. The van der Waals surface area contributed by atoms with Crippen molar-refractivity contribution >= 4 is 39.1 Å². The molecule has 2 aromatic heterocycles. The first-order valence-corrected chi connectivity index (χ1v) is 12.6. The van der Waals surface area contributed by atoms with Crippen molar-refractivity contribution in [3.05, 3.63) is 85.7 Å². The first-order chi connectivity index (χ1) is 19.4. The van der Waals surface area contributed by atoms with E-state index in [1.54, 1.807) is 6.20 Å². The van der Waals surface area contributed by atoms with Gasteiger partial charge in [0.2, 0.25) is 0 Å². The number of ether oxygens (including phenoxy) is 3. The van der Waals surface area contributed by atoms with Crippen LogP contribution in [-0.2, 0) is 27.4 Å². The Bertz CT molecular complexity index is 1560. The Labute approximate surface area is 228 Å². The molecular formula is C27H27N5O8. The van der Waals surface area contributed by atoms with Gasteiger partial charge in [0, 0.05) is 67.3 Å². The highest BCUT2D eigenvalue weighted by Crippen LogP contribution is 2.34. The van der Waals surface area contributed by atoms with E-state index in [0.717, 1.165) is 35.4 Å². The van der Waals surface area contributed by atoms with E-state index in [2.05, 4.69) is 9.88 Å². The van der Waals surface area contributed by atoms with Crippen molar-refractivity contribution in [2.45, 2.75) is 13.2 Å². The molecule has 5 rings (SSSR count). The van der Waals surface area contributed by atoms with Crippen LogP contribution in [0.15, 0.2) is 48.7 Å². The summed E-state index contributed by atoms with van der Waals surface area (Å²) in [7, 11) is 1.52. The van der Waals surface area contributed by atoms with Gasteiger partial charge in [-0.15, -0.1) is 0 Å². The molecule has 1 aliphatic rings. The van der Waals surface area contributed by atoms with Gasteiger partial charge in [-0.25, -0.2) is 9.78 Å². The molecule has 0 N–H and O–H groups in total. The Morgan fingerprint density at radius 3 is 2.42 bits per heavy atom. The molecule has 1 saturated heterocycles. The number of carbonyl (C=O) groups excluding carboxylic acids is 1. The molecule has 208 valence electrons. The summed E-state index contributed by atoms with van der Waals surface area (Å²) in [6, 6.07) is 11.0. The highest BCUT2D eigenvalue weighted by molar-refractivity contribution is 6.11. The quantitative estimate of drug-likeness (QED) is 0.163. The fraction of sp³-hybridized carbons (Fsp3) is 0.333. The maximum Gasteiger partial charge on any atom is 0.357 e. The Kier molecular flexibility index (Phi) is 7.96. The minimum atomic E-state index is -0.655. The van der Waals surface area contributed by atoms with Crippen molar-refractivity contribution < 1.29 is 28.9 Å². The third-order valence-corrected chi connectivity index (χ3v) is 6.87. The first-order valence-electron chi connectivity index (χ1n) is 12.6. The molecule has 0 spiro atoms. The molecule has 40 heavy (non-hydrogen) atoms. The molecule has 0 amide bonds. The second-order valence-corrected chi connectivity index (χ2v) is 9.34. The number of benzene rings is 2. The minimum absolute atomic E-state index is 0.0918. The van der Waals surface area contributed by atoms with E-state index in [9.17, 15) is 25.0 Å². The molecule has 2 aromatic carbocycles. The monoisotopic (exact) mass is 549 g/mol. The Balaban J connectivity index is 1.55. The van der Waals surface area contributed by atoms with Crippen LogP contribution in [0.2, 0.25) is 0 Å². The highest BCUT2D eigenvalue weighted by Gasteiger charge is 2.24. The molecule has 0 radical (unpaired) electrons. The Hall–Kier alpha value is -4.46. The lowest BCUT2D eigenvalue weighted by atomic mass is 10.1. The summed E-state index contributed by atoms with van der Waals surface area (Å²) in [6.07, 6.45) is 1.55. The van der Waals surface area contributed by atoms with Crippen LogP contribution in [0.4, 0.5) is 11.4 Å². The van der Waals surface area contributed by atoms with Gasteiger partial charge in [0.05, 0.1) is 47.4 Å². The number of fused-ring (bicyclic) bond motifs is 3. The van der Waals surface area contributed by atoms with E-state index in [-0.39, 0.29) is 36.8 Å². The SMILES string of the molecule is COCc1c(C(=O)OCCN2CCOCC2)ncc2c1c1ccccc1n2Cc1cc([N+](=O)[O-])cc([N+](=O)[O-])c1. The Morgan fingerprint density at radius 1 is 1.05 bits per heavy atom. The minimum Gasteiger partial charge on any atom is -0.460 e. The number of nitro benzene ring substituents is 2. The number of para-hydroxylation sites is 1. The molecule has 13 heteroatoms. The maximum atomic E-state index is 13.1. The molecule has 0 bridgehead atoms. The van der Waals surface area contributed by atoms with Gasteiger partial charge in [0.1, 0.15) is 6.61 Å². The summed E-state index contributed by atoms with van der Waals surface area (Å²) in [6.45, 7) is 3.85. The van der Waals surface area contributed by atoms with Crippen LogP contribution in [0.3, 0.4) is 0 Å². The predicted octanol–water partition coefficient (Wildman–Crippen LogP) is 3.69. The fourth-order valence-corrected chi connectivity index (χ4v) is 5.03. The van der Waals surface area contributed by atoms with Crippen molar-refractivity contribution in [3.63, 3.8) is 0 Å². The summed E-state index contributed by atoms with van der Waals surface area (Å²) < 4.78 is 18.3. The van der Waals surface area contributed by atoms with Crippen LogP contribution in [-0.4, -0.2) is 76.8 Å². The average molecular weight is 550 g/mol. The maximum absolute atomic E-state index is 13.1. The van der Waals surface area contributed by atoms with Crippen LogP contribution in [0.25, 0.3) is 21.8 Å². The van der Waals surface area contributed by atoms with Gasteiger partial charge in [-0.3, -0.25) is 25.1 Å². The van der Waals surface area contributed by atoms with E-state index in [1.807, 2.05) is 28.8 Å². The number of pyridine rings is 1. The van der Waals surface area contributed by atoms with Gasteiger partial charge in [-0.1, -0.05) is 18.2 Å². The van der Waals surface area contributed by atoms with Crippen molar-refractivity contribution in [2.75, 3.05) is 46.6 Å². The largest absolute Gasteiger partial charge is 0.460 e. The van der Waals surface area contributed by atoms with Crippen LogP contribution in [0.5, 0.6) is 0 Å². The number of nitrogens with zero attached hydrogens (tertiary/aromatic N) is 5. The summed E-state index contributed by atoms with van der Waals surface area (Å²) in [5, 5.41) is 24.4. The zero-order chi connectivity index (χ0) is 28.2. The number of esters is 1. The Morgan fingerprint density at radius 2 is 1.75 bits per heavy atom. The number of methoxy groups -OCH3 is 1. The van der Waals surface area contributed by atoms with Crippen molar-refractivity contribution in [1.82, 2.24) is 14.5 Å². The number of rotatable bonds is 10. The molecule has 0 atom stereocenters. The zero-order valence-corrected chi connectivity index (χ0v) is 21.8. The average Bonchev–Trinajstić information content (AvgIpc) is 3.27. The smallest absolute Gasteiger partial charge is 0.357 e. The number of nitro groups is 2. The zero-order valence-electron chi connectivity index (χ0n) is 21.8. The van der Waals surface area contributed by atoms with Crippen LogP contribution in [0, 0.1) is 20.2 Å². The van der Waals surface area contributed by atoms with Gasteiger partial charge in [0.25, 0.3) is 11.4 Å². The van der Waals surface area contributed by atoms with Crippen molar-refractivity contribution in [2.24, 2.45) is 0 Å². The second-order valence-electron chi connectivity index (χ2n) is 9.34. The molecule has 4 aromatic rings. The normalized spacial score (nSPS) is 14.0.